The second-order valence-corrected chi connectivity index (χ2v) is 6.82. The van der Waals surface area contributed by atoms with Crippen LogP contribution in [0.2, 0.25) is 5.02 Å². The lowest BCUT2D eigenvalue weighted by atomic mass is 10.2. The van der Waals surface area contributed by atoms with Crippen molar-refractivity contribution in [3.63, 3.8) is 0 Å². The Morgan fingerprint density at radius 2 is 1.88 bits per heavy atom. The molecule has 0 aliphatic heterocycles. The molecule has 1 heterocycles. The summed E-state index contributed by atoms with van der Waals surface area (Å²) in [4.78, 5) is 16.9. The molecule has 0 bridgehead atoms. The summed E-state index contributed by atoms with van der Waals surface area (Å²) in [5, 5.41) is 5.95. The monoisotopic (exact) mass is 388 g/mol. The smallest absolute Gasteiger partial charge is 0.275 e. The molecule has 1 aromatic heterocycles. The number of nitrogens with zero attached hydrogens (tertiary/aromatic N) is 1. The van der Waals surface area contributed by atoms with Crippen molar-refractivity contribution in [3.05, 3.63) is 58.1 Å². The third-order valence-electron chi connectivity index (χ3n) is 3.80. The minimum absolute atomic E-state index is 0.265. The van der Waals surface area contributed by atoms with Crippen molar-refractivity contribution >= 4 is 34.5 Å². The first-order valence-electron chi connectivity index (χ1n) is 7.77. The van der Waals surface area contributed by atoms with E-state index >= 15 is 0 Å². The average Bonchev–Trinajstić information content (AvgIpc) is 3.13. The van der Waals surface area contributed by atoms with E-state index in [0.717, 1.165) is 16.1 Å². The van der Waals surface area contributed by atoms with Crippen molar-refractivity contribution in [2.75, 3.05) is 19.5 Å². The number of carbonyl (C=O) groups excluding carboxylic acids is 1. The minimum Gasteiger partial charge on any atom is -0.493 e. The Morgan fingerprint density at radius 1 is 1.12 bits per heavy atom. The molecule has 134 valence electrons. The van der Waals surface area contributed by atoms with Crippen LogP contribution in [0.4, 0.5) is 5.69 Å². The maximum atomic E-state index is 12.5. The molecule has 0 unspecified atom stereocenters. The highest BCUT2D eigenvalue weighted by molar-refractivity contribution is 7.13. The first-order chi connectivity index (χ1) is 12.5. The van der Waals surface area contributed by atoms with Gasteiger partial charge in [-0.15, -0.1) is 11.3 Å². The Morgan fingerprint density at radius 3 is 2.58 bits per heavy atom. The number of amides is 1. The molecule has 3 aromatic rings. The van der Waals surface area contributed by atoms with Crippen LogP contribution in [0.25, 0.3) is 10.6 Å². The Labute approximate surface area is 160 Å². The predicted molar refractivity (Wildman–Crippen MR) is 105 cm³/mol. The van der Waals surface area contributed by atoms with E-state index in [-0.39, 0.29) is 5.91 Å². The summed E-state index contributed by atoms with van der Waals surface area (Å²) in [6, 6.07) is 10.8. The highest BCUT2D eigenvalue weighted by atomic mass is 35.5. The normalized spacial score (nSPS) is 10.5. The Hall–Kier alpha value is -2.57. The van der Waals surface area contributed by atoms with Crippen LogP contribution >= 0.6 is 22.9 Å². The number of aryl methyl sites for hydroxylation is 1. The maximum absolute atomic E-state index is 12.5. The van der Waals surface area contributed by atoms with Crippen LogP contribution in [-0.2, 0) is 0 Å². The Balaban J connectivity index is 1.82. The van der Waals surface area contributed by atoms with Gasteiger partial charge in [0, 0.05) is 21.7 Å². The molecule has 0 saturated carbocycles. The van der Waals surface area contributed by atoms with E-state index in [0.29, 0.717) is 27.9 Å². The second kappa shape index (κ2) is 7.76. The molecule has 0 atom stereocenters. The molecule has 1 amide bonds. The molecule has 26 heavy (non-hydrogen) atoms. The van der Waals surface area contributed by atoms with Gasteiger partial charge in [0.25, 0.3) is 5.91 Å². The first kappa shape index (κ1) is 18.2. The molecular weight excluding hydrogens is 372 g/mol. The largest absolute Gasteiger partial charge is 0.493 e. The molecule has 3 rings (SSSR count). The van der Waals surface area contributed by atoms with Crippen molar-refractivity contribution in [1.29, 1.82) is 0 Å². The molecule has 0 aliphatic carbocycles. The van der Waals surface area contributed by atoms with Crippen molar-refractivity contribution in [1.82, 2.24) is 4.98 Å². The van der Waals surface area contributed by atoms with Gasteiger partial charge in [-0.2, -0.15) is 0 Å². The lowest BCUT2D eigenvalue weighted by Gasteiger charge is -2.08. The second-order valence-electron chi connectivity index (χ2n) is 5.52. The van der Waals surface area contributed by atoms with Crippen LogP contribution in [0.5, 0.6) is 11.5 Å². The number of hydrogen-bond acceptors (Lipinski definition) is 5. The van der Waals surface area contributed by atoms with Crippen LogP contribution in [0.3, 0.4) is 0 Å². The lowest BCUT2D eigenvalue weighted by Crippen LogP contribution is -2.13. The number of rotatable bonds is 5. The van der Waals surface area contributed by atoms with E-state index in [9.17, 15) is 4.79 Å². The number of thiazole rings is 1. The minimum atomic E-state index is -0.265. The highest BCUT2D eigenvalue weighted by Gasteiger charge is 2.14. The number of benzene rings is 2. The van der Waals surface area contributed by atoms with E-state index in [1.165, 1.54) is 11.3 Å². The molecule has 5 nitrogen and oxygen atoms in total. The number of methoxy groups -OCH3 is 2. The predicted octanol–water partition coefficient (Wildman–Crippen LogP) is 5.04. The summed E-state index contributed by atoms with van der Waals surface area (Å²) < 4.78 is 10.6. The first-order valence-corrected chi connectivity index (χ1v) is 9.03. The summed E-state index contributed by atoms with van der Waals surface area (Å²) in [6.45, 7) is 1.89. The number of aromatic nitrogens is 1. The number of ether oxygens (including phenoxy) is 2. The molecular formula is C19H17ClN2O3S. The molecule has 0 aliphatic rings. The summed E-state index contributed by atoms with van der Waals surface area (Å²) in [6.07, 6.45) is 0. The number of hydrogen-bond donors (Lipinski definition) is 1. The third-order valence-corrected chi connectivity index (χ3v) is 4.93. The van der Waals surface area contributed by atoms with Crippen LogP contribution < -0.4 is 14.8 Å². The zero-order valence-corrected chi connectivity index (χ0v) is 16.1. The maximum Gasteiger partial charge on any atom is 0.275 e. The van der Waals surface area contributed by atoms with Gasteiger partial charge in [0.15, 0.2) is 11.5 Å². The van der Waals surface area contributed by atoms with E-state index < -0.39 is 0 Å². The van der Waals surface area contributed by atoms with Gasteiger partial charge in [0.05, 0.1) is 14.2 Å². The molecule has 0 radical (unpaired) electrons. The fourth-order valence-corrected chi connectivity index (χ4v) is 3.46. The highest BCUT2D eigenvalue weighted by Crippen LogP contribution is 2.33. The zero-order valence-electron chi connectivity index (χ0n) is 14.5. The van der Waals surface area contributed by atoms with Gasteiger partial charge in [0.1, 0.15) is 10.7 Å². The van der Waals surface area contributed by atoms with Gasteiger partial charge in [-0.05, 0) is 48.9 Å². The summed E-state index contributed by atoms with van der Waals surface area (Å²) in [7, 11) is 3.17. The quantitative estimate of drug-likeness (QED) is 0.665. The van der Waals surface area contributed by atoms with Crippen molar-refractivity contribution in [3.8, 4) is 22.1 Å². The molecule has 2 aromatic carbocycles. The summed E-state index contributed by atoms with van der Waals surface area (Å²) in [5.41, 5.74) is 2.81. The Bertz CT molecular complexity index is 956. The van der Waals surface area contributed by atoms with Gasteiger partial charge in [-0.1, -0.05) is 11.6 Å². The van der Waals surface area contributed by atoms with E-state index in [1.807, 2.05) is 25.1 Å². The summed E-state index contributed by atoms with van der Waals surface area (Å²) in [5.74, 6) is 0.991. The zero-order chi connectivity index (χ0) is 18.7. The SMILES string of the molecule is COc1ccc(-c2nc(C(=O)Nc3ccc(Cl)cc3C)cs2)cc1OC. The number of carbonyl (C=O) groups is 1. The van der Waals surface area contributed by atoms with E-state index in [2.05, 4.69) is 10.3 Å². The Kier molecular flexibility index (Phi) is 5.44. The van der Waals surface area contributed by atoms with Crippen LogP contribution in [0.1, 0.15) is 16.1 Å². The van der Waals surface area contributed by atoms with E-state index in [1.54, 1.807) is 37.8 Å². The van der Waals surface area contributed by atoms with Crippen LogP contribution in [0, 0.1) is 6.92 Å². The number of halogens is 1. The van der Waals surface area contributed by atoms with Crippen molar-refractivity contribution in [2.45, 2.75) is 6.92 Å². The molecule has 0 saturated heterocycles. The number of anilines is 1. The van der Waals surface area contributed by atoms with Gasteiger partial charge in [-0.25, -0.2) is 4.98 Å². The average molecular weight is 389 g/mol. The van der Waals surface area contributed by atoms with Gasteiger partial charge >= 0.3 is 0 Å². The van der Waals surface area contributed by atoms with Crippen molar-refractivity contribution in [2.24, 2.45) is 0 Å². The number of nitrogens with one attached hydrogen (secondary N) is 1. The van der Waals surface area contributed by atoms with Gasteiger partial charge in [-0.3, -0.25) is 4.79 Å². The lowest BCUT2D eigenvalue weighted by molar-refractivity contribution is 0.102. The van der Waals surface area contributed by atoms with Gasteiger partial charge in [0.2, 0.25) is 0 Å². The molecule has 7 heteroatoms. The molecule has 0 spiro atoms. The van der Waals surface area contributed by atoms with Gasteiger partial charge < -0.3 is 14.8 Å². The molecule has 1 N–H and O–H groups in total. The van der Waals surface area contributed by atoms with Crippen LogP contribution in [-0.4, -0.2) is 25.1 Å². The fraction of sp³-hybridized carbons (Fsp3) is 0.158. The van der Waals surface area contributed by atoms with E-state index in [4.69, 9.17) is 21.1 Å². The summed E-state index contributed by atoms with van der Waals surface area (Å²) >= 11 is 7.34. The fourth-order valence-electron chi connectivity index (χ4n) is 2.43. The van der Waals surface area contributed by atoms with Crippen LogP contribution in [0.15, 0.2) is 41.8 Å². The standard InChI is InChI=1S/C19H17ClN2O3S/c1-11-8-13(20)5-6-14(11)21-18(23)15-10-26-19(22-15)12-4-7-16(24-2)17(9-12)25-3/h4-10H,1-3H3,(H,21,23). The molecule has 0 fully saturated rings. The third kappa shape index (κ3) is 3.81. The van der Waals surface area contributed by atoms with Crippen molar-refractivity contribution < 1.29 is 14.3 Å². The topological polar surface area (TPSA) is 60.5 Å².